The van der Waals surface area contributed by atoms with E-state index in [2.05, 4.69) is 35.0 Å². The van der Waals surface area contributed by atoms with E-state index in [4.69, 9.17) is 0 Å². The topological polar surface area (TPSA) is 70.2 Å². The largest absolute Gasteiger partial charge is 0.355 e. The Bertz CT molecular complexity index is 462. The number of carbonyl (C=O) groups excluding carboxylic acids is 2. The summed E-state index contributed by atoms with van der Waals surface area (Å²) in [4.78, 5) is 23.6. The highest BCUT2D eigenvalue weighted by Gasteiger charge is 2.08. The third-order valence-corrected chi connectivity index (χ3v) is 3.72. The Balaban J connectivity index is 2.36. The molecule has 0 aliphatic rings. The van der Waals surface area contributed by atoms with Crippen LogP contribution in [0.2, 0.25) is 0 Å². The highest BCUT2D eigenvalue weighted by molar-refractivity contribution is 7.99. The van der Waals surface area contributed by atoms with Gasteiger partial charge in [-0.2, -0.15) is 0 Å². The van der Waals surface area contributed by atoms with Gasteiger partial charge in [-0.3, -0.25) is 4.79 Å². The summed E-state index contributed by atoms with van der Waals surface area (Å²) in [6.45, 7) is 6.34. The van der Waals surface area contributed by atoms with Gasteiger partial charge in [-0.25, -0.2) is 4.79 Å². The van der Waals surface area contributed by atoms with Crippen LogP contribution in [0.1, 0.15) is 32.4 Å². The van der Waals surface area contributed by atoms with Crippen LogP contribution < -0.4 is 16.0 Å². The number of amides is 3. The number of rotatable bonds is 7. The van der Waals surface area contributed by atoms with Gasteiger partial charge < -0.3 is 16.0 Å². The van der Waals surface area contributed by atoms with E-state index in [-0.39, 0.29) is 18.0 Å². The van der Waals surface area contributed by atoms with Crippen molar-refractivity contribution in [1.29, 1.82) is 0 Å². The second-order valence-corrected chi connectivity index (χ2v) is 5.94. The van der Waals surface area contributed by atoms with Crippen LogP contribution in [0.5, 0.6) is 0 Å². The fraction of sp³-hybridized carbons (Fsp3) is 0.467. The maximum atomic E-state index is 11.7. The summed E-state index contributed by atoms with van der Waals surface area (Å²) in [5, 5.41) is 8.19. The zero-order valence-electron chi connectivity index (χ0n) is 12.7. The quantitative estimate of drug-likeness (QED) is 0.534. The summed E-state index contributed by atoms with van der Waals surface area (Å²) in [7, 11) is 0. The average Bonchev–Trinajstić information content (AvgIpc) is 2.44. The van der Waals surface area contributed by atoms with Gasteiger partial charge in [0.15, 0.2) is 0 Å². The normalized spacial score (nSPS) is 11.6. The maximum Gasteiger partial charge on any atom is 0.315 e. The molecule has 1 aromatic carbocycles. The van der Waals surface area contributed by atoms with E-state index in [1.54, 1.807) is 11.8 Å². The van der Waals surface area contributed by atoms with Crippen molar-refractivity contribution in [3.05, 3.63) is 29.8 Å². The van der Waals surface area contributed by atoms with Crippen LogP contribution in [0, 0.1) is 0 Å². The first-order chi connectivity index (χ1) is 10.0. The van der Waals surface area contributed by atoms with E-state index in [9.17, 15) is 9.59 Å². The highest BCUT2D eigenvalue weighted by atomic mass is 32.2. The summed E-state index contributed by atoms with van der Waals surface area (Å²) in [5.74, 6) is 0.944. The summed E-state index contributed by atoms with van der Waals surface area (Å²) in [6, 6.07) is 7.89. The molecular formula is C15H23N3O2S. The second kappa shape index (κ2) is 9.28. The van der Waals surface area contributed by atoms with Crippen molar-refractivity contribution >= 4 is 23.7 Å². The molecule has 0 bridgehead atoms. The molecule has 5 nitrogen and oxygen atoms in total. The number of hydrogen-bond donors (Lipinski definition) is 3. The molecule has 21 heavy (non-hydrogen) atoms. The van der Waals surface area contributed by atoms with Gasteiger partial charge in [0.25, 0.3) is 0 Å². The Morgan fingerprint density at radius 1 is 1.14 bits per heavy atom. The van der Waals surface area contributed by atoms with Crippen molar-refractivity contribution in [3.8, 4) is 0 Å². The molecule has 0 saturated carbocycles. The molecule has 0 aromatic heterocycles. The maximum absolute atomic E-state index is 11.7. The van der Waals surface area contributed by atoms with Gasteiger partial charge in [0.1, 0.15) is 0 Å². The van der Waals surface area contributed by atoms with E-state index >= 15 is 0 Å². The van der Waals surface area contributed by atoms with Crippen molar-refractivity contribution in [1.82, 2.24) is 16.0 Å². The fourth-order valence-corrected chi connectivity index (χ4v) is 2.43. The Morgan fingerprint density at radius 2 is 1.76 bits per heavy atom. The van der Waals surface area contributed by atoms with Crippen molar-refractivity contribution in [2.75, 3.05) is 18.8 Å². The van der Waals surface area contributed by atoms with Crippen molar-refractivity contribution in [3.63, 3.8) is 0 Å². The highest BCUT2D eigenvalue weighted by Crippen LogP contribution is 2.20. The van der Waals surface area contributed by atoms with Crippen LogP contribution in [0.4, 0.5) is 4.79 Å². The Labute approximate surface area is 130 Å². The number of benzene rings is 1. The summed E-state index contributed by atoms with van der Waals surface area (Å²) >= 11 is 1.79. The van der Waals surface area contributed by atoms with Crippen molar-refractivity contribution in [2.24, 2.45) is 0 Å². The monoisotopic (exact) mass is 309 g/mol. The van der Waals surface area contributed by atoms with Gasteiger partial charge in [-0.05, 0) is 30.4 Å². The molecule has 0 aliphatic carbocycles. The molecular weight excluding hydrogens is 286 g/mol. The van der Waals surface area contributed by atoms with Gasteiger partial charge in [0.05, 0.1) is 6.04 Å². The third kappa shape index (κ3) is 7.04. The van der Waals surface area contributed by atoms with Crippen LogP contribution in [0.25, 0.3) is 0 Å². The van der Waals surface area contributed by atoms with E-state index in [1.165, 1.54) is 11.8 Å². The molecule has 0 unspecified atom stereocenters. The molecule has 0 saturated heterocycles. The third-order valence-electron chi connectivity index (χ3n) is 2.82. The smallest absolute Gasteiger partial charge is 0.315 e. The molecule has 116 valence electrons. The predicted molar refractivity (Wildman–Crippen MR) is 86.5 cm³/mol. The number of nitrogens with one attached hydrogen (secondary N) is 3. The first kappa shape index (κ1) is 17.4. The van der Waals surface area contributed by atoms with Crippen LogP contribution in [-0.4, -0.2) is 30.8 Å². The minimum Gasteiger partial charge on any atom is -0.355 e. The Kier molecular flexibility index (Phi) is 7.68. The fourth-order valence-electron chi connectivity index (χ4n) is 1.76. The number of thioether (sulfide) groups is 1. The molecule has 0 heterocycles. The lowest BCUT2D eigenvalue weighted by molar-refractivity contribution is -0.118. The van der Waals surface area contributed by atoms with Gasteiger partial charge in [0, 0.05) is 24.9 Å². The zero-order valence-corrected chi connectivity index (χ0v) is 13.5. The Hall–Kier alpha value is -1.69. The van der Waals surface area contributed by atoms with Crippen LogP contribution in [0.15, 0.2) is 29.2 Å². The van der Waals surface area contributed by atoms with E-state index < -0.39 is 0 Å². The molecule has 0 spiro atoms. The number of urea groups is 1. The van der Waals surface area contributed by atoms with E-state index in [1.807, 2.05) is 19.1 Å². The minimum absolute atomic E-state index is 0.0635. The van der Waals surface area contributed by atoms with Gasteiger partial charge in [-0.15, -0.1) is 11.8 Å². The number of carbonyl (C=O) groups is 2. The van der Waals surface area contributed by atoms with E-state index in [0.29, 0.717) is 13.1 Å². The van der Waals surface area contributed by atoms with E-state index in [0.717, 1.165) is 11.3 Å². The van der Waals surface area contributed by atoms with Crippen molar-refractivity contribution in [2.45, 2.75) is 31.7 Å². The molecule has 3 amide bonds. The van der Waals surface area contributed by atoms with Crippen molar-refractivity contribution < 1.29 is 9.59 Å². The van der Waals surface area contributed by atoms with Gasteiger partial charge in [0.2, 0.25) is 5.91 Å². The van der Waals surface area contributed by atoms with Crippen LogP contribution in [0.3, 0.4) is 0 Å². The average molecular weight is 309 g/mol. The lowest BCUT2D eigenvalue weighted by atomic mass is 10.1. The summed E-state index contributed by atoms with van der Waals surface area (Å²) < 4.78 is 0. The second-order valence-electron chi connectivity index (χ2n) is 4.61. The SMILES string of the molecule is CCSc1ccc([C@@H](C)NC(=O)NCCNC(C)=O)cc1. The molecule has 1 aromatic rings. The molecule has 1 rings (SSSR count). The van der Waals surface area contributed by atoms with Crippen LogP contribution in [-0.2, 0) is 4.79 Å². The Morgan fingerprint density at radius 3 is 2.33 bits per heavy atom. The first-order valence-corrected chi connectivity index (χ1v) is 8.03. The first-order valence-electron chi connectivity index (χ1n) is 7.04. The van der Waals surface area contributed by atoms with Crippen LogP contribution >= 0.6 is 11.8 Å². The van der Waals surface area contributed by atoms with Gasteiger partial charge in [-0.1, -0.05) is 19.1 Å². The molecule has 0 fully saturated rings. The lowest BCUT2D eigenvalue weighted by Crippen LogP contribution is -2.40. The summed E-state index contributed by atoms with van der Waals surface area (Å²) in [5.41, 5.74) is 1.06. The molecule has 1 atom stereocenters. The van der Waals surface area contributed by atoms with Gasteiger partial charge >= 0.3 is 6.03 Å². The standard InChI is InChI=1S/C15H23N3O2S/c1-4-21-14-7-5-13(6-8-14)11(2)18-15(20)17-10-9-16-12(3)19/h5-8,11H,4,9-10H2,1-3H3,(H,16,19)(H2,17,18,20)/t11-/m1/s1. The number of hydrogen-bond acceptors (Lipinski definition) is 3. The molecule has 6 heteroatoms. The minimum atomic E-state index is -0.236. The predicted octanol–water partition coefficient (Wildman–Crippen LogP) is 2.29. The molecule has 0 aliphatic heterocycles. The lowest BCUT2D eigenvalue weighted by Gasteiger charge is -2.15. The summed E-state index contributed by atoms with van der Waals surface area (Å²) in [6.07, 6.45) is 0. The molecule has 0 radical (unpaired) electrons. The zero-order chi connectivity index (χ0) is 15.7. The molecule has 3 N–H and O–H groups in total.